The first kappa shape index (κ1) is 20.3. The van der Waals surface area contributed by atoms with Gasteiger partial charge in [-0.1, -0.05) is 48.0 Å². The second-order valence-electron chi connectivity index (χ2n) is 6.82. The van der Waals surface area contributed by atoms with E-state index in [1.165, 1.54) is 29.2 Å². The van der Waals surface area contributed by atoms with E-state index in [0.717, 1.165) is 5.56 Å². The summed E-state index contributed by atoms with van der Waals surface area (Å²) >= 11 is 6.26. The maximum absolute atomic E-state index is 13.3. The van der Waals surface area contributed by atoms with Crippen LogP contribution in [0.5, 0.6) is 0 Å². The van der Waals surface area contributed by atoms with E-state index in [9.17, 15) is 19.2 Å². The number of benzene rings is 3. The highest BCUT2D eigenvalue weighted by Crippen LogP contribution is 2.39. The van der Waals surface area contributed by atoms with Crippen molar-refractivity contribution in [2.45, 2.75) is 6.54 Å². The molecule has 3 aromatic carbocycles. The van der Waals surface area contributed by atoms with Gasteiger partial charge < -0.3 is 10.2 Å². The van der Waals surface area contributed by atoms with Crippen LogP contribution >= 0.6 is 11.6 Å². The Morgan fingerprint density at radius 3 is 2.42 bits per heavy atom. The van der Waals surface area contributed by atoms with Crippen molar-refractivity contribution in [3.63, 3.8) is 0 Å². The summed E-state index contributed by atoms with van der Waals surface area (Å²) in [5.74, 6) is -1.66. The molecule has 0 bridgehead atoms. The Hall–Kier alpha value is -3.95. The largest absolute Gasteiger partial charge is 0.321 e. The number of nitrogens with one attached hydrogen (secondary N) is 1. The molecule has 1 heterocycles. The third kappa shape index (κ3) is 3.91. The zero-order valence-electron chi connectivity index (χ0n) is 16.1. The first-order valence-corrected chi connectivity index (χ1v) is 9.73. The number of fused-ring (bicyclic) bond motifs is 1. The summed E-state index contributed by atoms with van der Waals surface area (Å²) in [6.07, 6.45) is 0. The molecule has 0 fully saturated rings. The Bertz CT molecular complexity index is 1260. The van der Waals surface area contributed by atoms with Crippen LogP contribution in [-0.4, -0.2) is 11.8 Å². The lowest BCUT2D eigenvalue weighted by atomic mass is 10.0. The molecule has 5 nitrogen and oxygen atoms in total. The molecule has 4 rings (SSSR count). The molecule has 3 aromatic rings. The first-order chi connectivity index (χ1) is 15.0. The minimum absolute atomic E-state index is 0.0183. The van der Waals surface area contributed by atoms with Gasteiger partial charge in [0.1, 0.15) is 17.5 Å². The lowest BCUT2D eigenvalue weighted by molar-refractivity contribution is -0.114. The van der Waals surface area contributed by atoms with E-state index in [2.05, 4.69) is 5.32 Å². The quantitative estimate of drug-likeness (QED) is 0.469. The molecule has 0 aromatic heterocycles. The van der Waals surface area contributed by atoms with Gasteiger partial charge in [-0.25, -0.2) is 4.39 Å². The number of carbonyl (C=O) groups excluding carboxylic acids is 2. The van der Waals surface area contributed by atoms with Crippen LogP contribution in [0, 0.1) is 17.1 Å². The number of para-hydroxylation sites is 1. The van der Waals surface area contributed by atoms with Crippen molar-refractivity contribution < 1.29 is 14.0 Å². The van der Waals surface area contributed by atoms with Gasteiger partial charge in [0.25, 0.3) is 11.8 Å². The molecule has 31 heavy (non-hydrogen) atoms. The summed E-state index contributed by atoms with van der Waals surface area (Å²) < 4.78 is 13.1. The molecule has 0 spiro atoms. The van der Waals surface area contributed by atoms with E-state index in [0.29, 0.717) is 22.0 Å². The fourth-order valence-electron chi connectivity index (χ4n) is 3.42. The summed E-state index contributed by atoms with van der Waals surface area (Å²) in [6, 6.07) is 21.1. The van der Waals surface area contributed by atoms with Crippen LogP contribution in [-0.2, 0) is 16.1 Å². The summed E-state index contributed by atoms with van der Waals surface area (Å²) in [4.78, 5) is 27.6. The molecule has 1 aliphatic heterocycles. The van der Waals surface area contributed by atoms with Crippen LogP contribution in [0.25, 0.3) is 5.57 Å². The summed E-state index contributed by atoms with van der Waals surface area (Å²) in [5.41, 5.74) is 1.83. The van der Waals surface area contributed by atoms with Crippen LogP contribution in [0.1, 0.15) is 11.1 Å². The van der Waals surface area contributed by atoms with Crippen LogP contribution in [0.2, 0.25) is 5.02 Å². The van der Waals surface area contributed by atoms with E-state index in [1.54, 1.807) is 36.4 Å². The second-order valence-corrected chi connectivity index (χ2v) is 7.23. The van der Waals surface area contributed by atoms with E-state index < -0.39 is 17.6 Å². The molecular weight excluding hydrogens is 417 g/mol. The smallest absolute Gasteiger partial charge is 0.267 e. The van der Waals surface area contributed by atoms with Crippen molar-refractivity contribution in [1.82, 2.24) is 0 Å². The van der Waals surface area contributed by atoms with E-state index >= 15 is 0 Å². The molecule has 0 saturated heterocycles. The topological polar surface area (TPSA) is 73.2 Å². The average molecular weight is 432 g/mol. The van der Waals surface area contributed by atoms with Crippen LogP contribution in [0.4, 0.5) is 15.8 Å². The van der Waals surface area contributed by atoms with Gasteiger partial charge in [0.15, 0.2) is 0 Å². The minimum atomic E-state index is -0.744. The van der Waals surface area contributed by atoms with Crippen molar-refractivity contribution in [2.75, 3.05) is 10.2 Å². The van der Waals surface area contributed by atoms with Crippen molar-refractivity contribution in [3.8, 4) is 6.07 Å². The monoisotopic (exact) mass is 431 g/mol. The third-order valence-corrected chi connectivity index (χ3v) is 5.27. The van der Waals surface area contributed by atoms with Crippen LogP contribution in [0.15, 0.2) is 78.4 Å². The molecule has 0 atom stereocenters. The Balaban J connectivity index is 1.74. The molecule has 2 amide bonds. The van der Waals surface area contributed by atoms with Gasteiger partial charge in [0.05, 0.1) is 17.8 Å². The molecule has 0 saturated carbocycles. The lowest BCUT2D eigenvalue weighted by Gasteiger charge is -2.18. The number of rotatable bonds is 4. The maximum atomic E-state index is 13.3. The molecule has 152 valence electrons. The van der Waals surface area contributed by atoms with Gasteiger partial charge in [-0.15, -0.1) is 0 Å². The van der Waals surface area contributed by atoms with Crippen molar-refractivity contribution in [2.24, 2.45) is 0 Å². The van der Waals surface area contributed by atoms with Crippen LogP contribution in [0.3, 0.4) is 0 Å². The number of halogens is 2. The Morgan fingerprint density at radius 2 is 1.71 bits per heavy atom. The summed E-state index contributed by atoms with van der Waals surface area (Å²) in [6.45, 7) is 0.192. The molecule has 0 unspecified atom stereocenters. The Morgan fingerprint density at radius 1 is 1.03 bits per heavy atom. The van der Waals surface area contributed by atoms with Gasteiger partial charge in [0.2, 0.25) is 0 Å². The molecule has 1 aliphatic rings. The Labute approximate surface area is 183 Å². The summed E-state index contributed by atoms with van der Waals surface area (Å²) in [7, 11) is 0. The zero-order valence-corrected chi connectivity index (χ0v) is 16.9. The number of nitrogens with zero attached hydrogens (tertiary/aromatic N) is 2. The molecule has 0 aliphatic carbocycles. The molecule has 7 heteroatoms. The van der Waals surface area contributed by atoms with E-state index in [1.807, 2.05) is 18.2 Å². The van der Waals surface area contributed by atoms with Gasteiger partial charge >= 0.3 is 0 Å². The van der Waals surface area contributed by atoms with Gasteiger partial charge in [0, 0.05) is 16.3 Å². The number of anilines is 2. The standard InChI is InChI=1S/C24H15ClFN3O2/c25-20-7-3-1-5-15(20)14-29-21-8-4-2-6-18(21)22(24(29)31)19(13-27)23(30)28-17-11-9-16(26)10-12-17/h1-12H,14H2,(H,28,30). The fraction of sp³-hybridized carbons (Fsp3) is 0.0417. The van der Waals surface area contributed by atoms with Gasteiger partial charge in [-0.2, -0.15) is 5.26 Å². The molecular formula is C24H15ClFN3O2. The average Bonchev–Trinajstić information content (AvgIpc) is 3.04. The Kier molecular flexibility index (Phi) is 5.52. The molecule has 0 radical (unpaired) electrons. The van der Waals surface area contributed by atoms with Crippen molar-refractivity contribution in [3.05, 3.63) is 100 Å². The fourth-order valence-corrected chi connectivity index (χ4v) is 3.62. The number of nitriles is 1. The predicted octanol–water partition coefficient (Wildman–Crippen LogP) is 4.94. The lowest BCUT2D eigenvalue weighted by Crippen LogP contribution is -2.27. The highest BCUT2D eigenvalue weighted by Gasteiger charge is 2.36. The number of amides is 2. The first-order valence-electron chi connectivity index (χ1n) is 9.35. The van der Waals surface area contributed by atoms with Crippen molar-refractivity contribution >= 4 is 40.4 Å². The number of hydrogen-bond donors (Lipinski definition) is 1. The summed E-state index contributed by atoms with van der Waals surface area (Å²) in [5, 5.41) is 12.8. The third-order valence-electron chi connectivity index (χ3n) is 4.90. The van der Waals surface area contributed by atoms with E-state index in [4.69, 9.17) is 11.6 Å². The maximum Gasteiger partial charge on any atom is 0.267 e. The second kappa shape index (κ2) is 8.42. The van der Waals surface area contributed by atoms with E-state index in [-0.39, 0.29) is 17.7 Å². The zero-order chi connectivity index (χ0) is 22.0. The minimum Gasteiger partial charge on any atom is -0.321 e. The van der Waals surface area contributed by atoms with Gasteiger partial charge in [-0.05, 0) is 42.0 Å². The predicted molar refractivity (Wildman–Crippen MR) is 117 cm³/mol. The SMILES string of the molecule is N#CC(C(=O)Nc1ccc(F)cc1)=C1C(=O)N(Cc2ccccc2Cl)c2ccccc21. The normalized spacial score (nSPS) is 14.1. The van der Waals surface area contributed by atoms with Crippen molar-refractivity contribution in [1.29, 1.82) is 5.26 Å². The highest BCUT2D eigenvalue weighted by atomic mass is 35.5. The van der Waals surface area contributed by atoms with Gasteiger partial charge in [-0.3, -0.25) is 9.59 Å². The molecule has 1 N–H and O–H groups in total. The van der Waals surface area contributed by atoms with Crippen LogP contribution < -0.4 is 10.2 Å². The number of carbonyl (C=O) groups is 2. The number of hydrogen-bond acceptors (Lipinski definition) is 3. The highest BCUT2D eigenvalue weighted by molar-refractivity contribution is 6.38.